The second-order valence-corrected chi connectivity index (χ2v) is 16.0. The van der Waals surface area contributed by atoms with Gasteiger partial charge in [0.05, 0.1) is 18.5 Å². The van der Waals surface area contributed by atoms with E-state index in [4.69, 9.17) is 0 Å². The number of benzene rings is 3. The molecule has 3 aromatic carbocycles. The molecular formula is C48H59N5O3. The van der Waals surface area contributed by atoms with Crippen molar-refractivity contribution in [1.82, 2.24) is 24.2 Å². The standard InChI is InChI=1S/C48H59N5O3/c1-8-10-23-51(24-11-9-2)47(55)42-31-45(50(7)35(42)4)43-29-39-21-25-52(46(54)28-37-17-14-16-36(27-37)18-15-22-49(5)6)32-41(39)30-44(43)48(56)53-33-40-20-13-12-19-38(40)26-34(53)3/h12-14,16-17,19-20,27,29-31,34H,8-11,21-26,28,32-33H2,1-7H3/t34-/m1/s1. The Labute approximate surface area is 334 Å². The average molecular weight is 754 g/mol. The lowest BCUT2D eigenvalue weighted by atomic mass is 9.89. The summed E-state index contributed by atoms with van der Waals surface area (Å²) in [7, 11) is 5.99. The van der Waals surface area contributed by atoms with Crippen molar-refractivity contribution in [3.8, 4) is 23.1 Å². The number of unbranched alkanes of at least 4 members (excludes halogenated alkanes) is 2. The molecule has 3 amide bonds. The van der Waals surface area contributed by atoms with Crippen LogP contribution in [0.4, 0.5) is 0 Å². The van der Waals surface area contributed by atoms with Crippen LogP contribution in [0.5, 0.6) is 0 Å². The number of rotatable bonds is 12. The molecule has 0 unspecified atom stereocenters. The molecule has 2 aliphatic heterocycles. The molecule has 0 spiro atoms. The number of carbonyl (C=O) groups is 3. The molecule has 294 valence electrons. The highest BCUT2D eigenvalue weighted by atomic mass is 16.2. The fraction of sp³-hybridized carbons (Fsp3) is 0.438. The molecule has 0 aliphatic carbocycles. The van der Waals surface area contributed by atoms with Gasteiger partial charge in [0.15, 0.2) is 0 Å². The maximum absolute atomic E-state index is 14.9. The Kier molecular flexibility index (Phi) is 13.2. The van der Waals surface area contributed by atoms with E-state index >= 15 is 0 Å². The van der Waals surface area contributed by atoms with Crippen LogP contribution in [-0.4, -0.2) is 88.2 Å². The summed E-state index contributed by atoms with van der Waals surface area (Å²) < 4.78 is 2.08. The predicted octanol–water partition coefficient (Wildman–Crippen LogP) is 7.67. The van der Waals surface area contributed by atoms with E-state index < -0.39 is 0 Å². The molecule has 8 nitrogen and oxygen atoms in total. The quantitative estimate of drug-likeness (QED) is 0.139. The summed E-state index contributed by atoms with van der Waals surface area (Å²) in [5, 5.41) is 0. The molecule has 0 bridgehead atoms. The van der Waals surface area contributed by atoms with E-state index in [2.05, 4.69) is 61.4 Å². The van der Waals surface area contributed by atoms with E-state index in [1.54, 1.807) is 0 Å². The van der Waals surface area contributed by atoms with Gasteiger partial charge in [0, 0.05) is 73.9 Å². The summed E-state index contributed by atoms with van der Waals surface area (Å²) in [6.07, 6.45) is 5.75. The van der Waals surface area contributed by atoms with Gasteiger partial charge in [0.1, 0.15) is 0 Å². The summed E-state index contributed by atoms with van der Waals surface area (Å²) in [6.45, 7) is 12.2. The lowest BCUT2D eigenvalue weighted by molar-refractivity contribution is -0.131. The van der Waals surface area contributed by atoms with E-state index in [-0.39, 0.29) is 23.8 Å². The van der Waals surface area contributed by atoms with Crippen LogP contribution in [0.1, 0.15) is 106 Å². The van der Waals surface area contributed by atoms with Crippen LogP contribution in [0.15, 0.2) is 66.7 Å². The summed E-state index contributed by atoms with van der Waals surface area (Å²) in [6, 6.07) is 22.5. The molecule has 3 heterocycles. The van der Waals surface area contributed by atoms with Crippen molar-refractivity contribution in [2.24, 2.45) is 7.05 Å². The topological polar surface area (TPSA) is 69.1 Å². The number of hydrogen-bond donors (Lipinski definition) is 0. The van der Waals surface area contributed by atoms with Crippen molar-refractivity contribution in [3.05, 3.63) is 117 Å². The maximum atomic E-state index is 14.9. The van der Waals surface area contributed by atoms with E-state index in [1.165, 1.54) is 11.1 Å². The molecule has 0 saturated heterocycles. The van der Waals surface area contributed by atoms with E-state index in [0.717, 1.165) is 84.4 Å². The van der Waals surface area contributed by atoms with Crippen LogP contribution in [0, 0.1) is 18.8 Å². The Bertz CT molecular complexity index is 2130. The first-order chi connectivity index (χ1) is 27.0. The summed E-state index contributed by atoms with van der Waals surface area (Å²) in [5.74, 6) is 6.48. The molecule has 6 rings (SSSR count). The number of hydrogen-bond acceptors (Lipinski definition) is 4. The minimum absolute atomic E-state index is 0.0145. The number of carbonyl (C=O) groups excluding carboxylic acids is 3. The van der Waals surface area contributed by atoms with Crippen LogP contribution in [0.3, 0.4) is 0 Å². The Hall–Kier alpha value is -5.13. The fourth-order valence-corrected chi connectivity index (χ4v) is 8.02. The minimum Gasteiger partial charge on any atom is -0.347 e. The molecule has 2 aliphatic rings. The molecule has 1 atom stereocenters. The molecule has 1 aromatic heterocycles. The monoisotopic (exact) mass is 753 g/mol. The molecule has 0 saturated carbocycles. The normalized spacial score (nSPS) is 14.9. The first kappa shape index (κ1) is 40.5. The van der Waals surface area contributed by atoms with Crippen molar-refractivity contribution in [2.45, 2.75) is 91.8 Å². The van der Waals surface area contributed by atoms with Gasteiger partial charge in [-0.15, -0.1) is 0 Å². The van der Waals surface area contributed by atoms with Gasteiger partial charge < -0.3 is 19.3 Å². The Balaban J connectivity index is 1.34. The first-order valence-corrected chi connectivity index (χ1v) is 20.5. The zero-order valence-electron chi connectivity index (χ0n) is 34.6. The molecular weight excluding hydrogens is 695 g/mol. The summed E-state index contributed by atoms with van der Waals surface area (Å²) >= 11 is 0. The highest BCUT2D eigenvalue weighted by Crippen LogP contribution is 2.35. The van der Waals surface area contributed by atoms with Crippen molar-refractivity contribution in [3.63, 3.8) is 0 Å². The SMILES string of the molecule is CCCCN(CCCC)C(=O)c1cc(-c2cc3c(cc2C(=O)N2Cc4ccccc4C[C@H]2C)CN(C(=O)Cc2cccc(C#CCN(C)C)c2)CC3)n(C)c1C. The van der Waals surface area contributed by atoms with Gasteiger partial charge in [-0.1, -0.05) is 74.9 Å². The molecule has 0 N–H and O–H groups in total. The Morgan fingerprint density at radius 3 is 2.29 bits per heavy atom. The third kappa shape index (κ3) is 9.11. The largest absolute Gasteiger partial charge is 0.347 e. The molecule has 4 aromatic rings. The van der Waals surface area contributed by atoms with Crippen LogP contribution in [-0.2, 0) is 44.2 Å². The zero-order valence-corrected chi connectivity index (χ0v) is 34.6. The second kappa shape index (κ2) is 18.2. The highest BCUT2D eigenvalue weighted by Gasteiger charge is 2.32. The van der Waals surface area contributed by atoms with Gasteiger partial charge in [0.25, 0.3) is 11.8 Å². The third-order valence-electron chi connectivity index (χ3n) is 11.5. The molecule has 0 radical (unpaired) electrons. The Morgan fingerprint density at radius 1 is 0.839 bits per heavy atom. The van der Waals surface area contributed by atoms with Crippen LogP contribution < -0.4 is 0 Å². The lowest BCUT2D eigenvalue weighted by Crippen LogP contribution is -2.43. The Morgan fingerprint density at radius 2 is 1.57 bits per heavy atom. The van der Waals surface area contributed by atoms with E-state index in [9.17, 15) is 14.4 Å². The van der Waals surface area contributed by atoms with Gasteiger partial charge in [-0.05, 0) is 112 Å². The summed E-state index contributed by atoms with van der Waals surface area (Å²) in [4.78, 5) is 50.8. The van der Waals surface area contributed by atoms with Crippen molar-refractivity contribution < 1.29 is 14.4 Å². The van der Waals surface area contributed by atoms with E-state index in [1.807, 2.05) is 90.1 Å². The van der Waals surface area contributed by atoms with Crippen molar-refractivity contribution >= 4 is 17.7 Å². The van der Waals surface area contributed by atoms with Crippen LogP contribution in [0.2, 0.25) is 0 Å². The molecule has 8 heteroatoms. The summed E-state index contributed by atoms with van der Waals surface area (Å²) in [5.41, 5.74) is 10.3. The third-order valence-corrected chi connectivity index (χ3v) is 11.5. The lowest BCUT2D eigenvalue weighted by Gasteiger charge is -2.36. The predicted molar refractivity (Wildman–Crippen MR) is 225 cm³/mol. The van der Waals surface area contributed by atoms with Crippen molar-refractivity contribution in [1.29, 1.82) is 0 Å². The van der Waals surface area contributed by atoms with Crippen molar-refractivity contribution in [2.75, 3.05) is 40.3 Å². The number of fused-ring (bicyclic) bond motifs is 2. The number of amides is 3. The van der Waals surface area contributed by atoms with Crippen LogP contribution >= 0.6 is 0 Å². The highest BCUT2D eigenvalue weighted by molar-refractivity contribution is 6.03. The molecule has 56 heavy (non-hydrogen) atoms. The smallest absolute Gasteiger partial charge is 0.255 e. The van der Waals surface area contributed by atoms with Gasteiger partial charge in [-0.3, -0.25) is 19.3 Å². The minimum atomic E-state index is -0.0281. The molecule has 0 fully saturated rings. The number of nitrogens with zero attached hydrogens (tertiary/aromatic N) is 5. The maximum Gasteiger partial charge on any atom is 0.255 e. The first-order valence-electron chi connectivity index (χ1n) is 20.5. The average Bonchev–Trinajstić information content (AvgIpc) is 3.49. The van der Waals surface area contributed by atoms with Crippen LogP contribution in [0.25, 0.3) is 11.3 Å². The van der Waals surface area contributed by atoms with E-state index in [0.29, 0.717) is 50.1 Å². The van der Waals surface area contributed by atoms with Gasteiger partial charge in [-0.2, -0.15) is 0 Å². The second-order valence-electron chi connectivity index (χ2n) is 16.0. The van der Waals surface area contributed by atoms with Gasteiger partial charge >= 0.3 is 0 Å². The van der Waals surface area contributed by atoms with Gasteiger partial charge in [0.2, 0.25) is 5.91 Å². The zero-order chi connectivity index (χ0) is 39.9. The van der Waals surface area contributed by atoms with Gasteiger partial charge in [-0.25, -0.2) is 0 Å². The number of aromatic nitrogens is 1. The fourth-order valence-electron chi connectivity index (χ4n) is 8.02.